The molecule has 0 unspecified atom stereocenters. The van der Waals surface area contributed by atoms with Crippen molar-refractivity contribution in [3.05, 3.63) is 32.4 Å². The lowest BCUT2D eigenvalue weighted by Gasteiger charge is -2.15. The maximum atomic E-state index is 12.8. The van der Waals surface area contributed by atoms with Crippen LogP contribution in [0, 0.1) is 6.92 Å². The summed E-state index contributed by atoms with van der Waals surface area (Å²) in [4.78, 5) is 3.53. The summed E-state index contributed by atoms with van der Waals surface area (Å²) in [5.41, 5.74) is 4.17. The van der Waals surface area contributed by atoms with Crippen LogP contribution in [0.3, 0.4) is 0 Å². The first-order chi connectivity index (χ1) is 8.64. The number of hydrogen-bond acceptors (Lipinski definition) is 2. The van der Waals surface area contributed by atoms with E-state index in [2.05, 4.69) is 4.98 Å². The second-order valence-electron chi connectivity index (χ2n) is 3.87. The van der Waals surface area contributed by atoms with Gasteiger partial charge < -0.3 is 5.73 Å². The van der Waals surface area contributed by atoms with E-state index in [1.54, 1.807) is 0 Å². The van der Waals surface area contributed by atoms with Crippen LogP contribution in [0.15, 0.2) is 6.07 Å². The number of nitrogen functional groups attached to an aromatic ring is 1. The summed E-state index contributed by atoms with van der Waals surface area (Å²) in [5.74, 6) is 0. The molecule has 0 atom stereocenters. The fraction of sp³-hybridized carbons (Fsp3) is 0.182. The Hall–Kier alpha value is -0.910. The molecule has 0 bridgehead atoms. The van der Waals surface area contributed by atoms with E-state index >= 15 is 0 Å². The summed E-state index contributed by atoms with van der Waals surface area (Å²) in [6.45, 7) is 1.22. The average Bonchev–Trinajstić information content (AvgIpc) is 2.28. The number of pyridine rings is 1. The van der Waals surface area contributed by atoms with Gasteiger partial charge in [0.2, 0.25) is 0 Å². The van der Waals surface area contributed by atoms with Crippen LogP contribution in [0.2, 0.25) is 15.1 Å². The van der Waals surface area contributed by atoms with Crippen LogP contribution in [-0.4, -0.2) is 4.98 Å². The SMILES string of the molecule is Cc1c(C(F)(F)F)nc2c(Cl)cc(Cl)c(Cl)c2c1N. The molecule has 0 aliphatic rings. The fourth-order valence-electron chi connectivity index (χ4n) is 1.73. The monoisotopic (exact) mass is 328 g/mol. The maximum absolute atomic E-state index is 12.8. The van der Waals surface area contributed by atoms with Crippen molar-refractivity contribution in [1.82, 2.24) is 4.98 Å². The fourth-order valence-corrected chi connectivity index (χ4v) is 2.48. The van der Waals surface area contributed by atoms with E-state index in [0.29, 0.717) is 0 Å². The van der Waals surface area contributed by atoms with Crippen molar-refractivity contribution in [2.45, 2.75) is 13.1 Å². The van der Waals surface area contributed by atoms with Gasteiger partial charge in [-0.2, -0.15) is 13.2 Å². The normalized spacial score (nSPS) is 12.2. The number of aromatic nitrogens is 1. The van der Waals surface area contributed by atoms with Crippen molar-refractivity contribution in [2.75, 3.05) is 5.73 Å². The largest absolute Gasteiger partial charge is 0.433 e. The Morgan fingerprint density at radius 2 is 1.74 bits per heavy atom. The third-order valence-corrected chi connectivity index (χ3v) is 3.74. The Kier molecular flexibility index (Phi) is 3.49. The number of hydrogen-bond donors (Lipinski definition) is 1. The van der Waals surface area contributed by atoms with Gasteiger partial charge in [0.05, 0.1) is 20.6 Å². The van der Waals surface area contributed by atoms with E-state index in [9.17, 15) is 13.2 Å². The van der Waals surface area contributed by atoms with Gasteiger partial charge in [-0.1, -0.05) is 34.8 Å². The van der Waals surface area contributed by atoms with Crippen LogP contribution in [0.25, 0.3) is 10.9 Å². The zero-order chi connectivity index (χ0) is 14.5. The quantitative estimate of drug-likeness (QED) is 0.683. The van der Waals surface area contributed by atoms with Gasteiger partial charge >= 0.3 is 6.18 Å². The van der Waals surface area contributed by atoms with E-state index < -0.39 is 11.9 Å². The molecular formula is C11H6Cl3F3N2. The average molecular weight is 330 g/mol. The van der Waals surface area contributed by atoms with Crippen molar-refractivity contribution >= 4 is 51.4 Å². The maximum Gasteiger partial charge on any atom is 0.433 e. The van der Waals surface area contributed by atoms with E-state index in [-0.39, 0.29) is 37.2 Å². The molecule has 102 valence electrons. The Balaban J connectivity index is 3.01. The van der Waals surface area contributed by atoms with Crippen molar-refractivity contribution in [3.8, 4) is 0 Å². The molecule has 2 rings (SSSR count). The van der Waals surface area contributed by atoms with Gasteiger partial charge in [0.1, 0.15) is 5.69 Å². The minimum absolute atomic E-state index is 0.0305. The van der Waals surface area contributed by atoms with E-state index in [1.165, 1.54) is 13.0 Å². The molecule has 19 heavy (non-hydrogen) atoms. The van der Waals surface area contributed by atoms with Crippen LogP contribution in [-0.2, 0) is 6.18 Å². The first kappa shape index (κ1) is 14.5. The molecule has 0 saturated heterocycles. The van der Waals surface area contributed by atoms with Gasteiger partial charge in [0.15, 0.2) is 0 Å². The lowest BCUT2D eigenvalue weighted by atomic mass is 10.1. The van der Waals surface area contributed by atoms with Gasteiger partial charge in [-0.3, -0.25) is 0 Å². The van der Waals surface area contributed by atoms with Crippen molar-refractivity contribution in [2.24, 2.45) is 0 Å². The number of benzene rings is 1. The summed E-state index contributed by atoms with van der Waals surface area (Å²) in [7, 11) is 0. The highest BCUT2D eigenvalue weighted by molar-refractivity contribution is 6.48. The van der Waals surface area contributed by atoms with Gasteiger partial charge in [-0.25, -0.2) is 4.98 Å². The minimum Gasteiger partial charge on any atom is -0.398 e. The van der Waals surface area contributed by atoms with Crippen LogP contribution in [0.5, 0.6) is 0 Å². The lowest BCUT2D eigenvalue weighted by Crippen LogP contribution is -2.13. The van der Waals surface area contributed by atoms with E-state index in [1.807, 2.05) is 0 Å². The zero-order valence-electron chi connectivity index (χ0n) is 9.37. The highest BCUT2D eigenvalue weighted by Crippen LogP contribution is 2.42. The highest BCUT2D eigenvalue weighted by Gasteiger charge is 2.36. The summed E-state index contributed by atoms with van der Waals surface area (Å²) in [5, 5.41) is 0.223. The summed E-state index contributed by atoms with van der Waals surface area (Å²) in [6, 6.07) is 1.23. The molecule has 2 aromatic rings. The molecule has 0 saturated carbocycles. The Morgan fingerprint density at radius 1 is 1.16 bits per heavy atom. The van der Waals surface area contributed by atoms with Gasteiger partial charge in [-0.15, -0.1) is 0 Å². The highest BCUT2D eigenvalue weighted by atomic mass is 35.5. The van der Waals surface area contributed by atoms with Gasteiger partial charge in [0.25, 0.3) is 0 Å². The summed E-state index contributed by atoms with van der Waals surface area (Å²) in [6.07, 6.45) is -4.62. The van der Waals surface area contributed by atoms with Crippen molar-refractivity contribution in [3.63, 3.8) is 0 Å². The third kappa shape index (κ3) is 2.30. The minimum atomic E-state index is -4.62. The molecule has 2 nitrogen and oxygen atoms in total. The lowest BCUT2D eigenvalue weighted by molar-refractivity contribution is -0.141. The first-order valence-corrected chi connectivity index (χ1v) is 6.08. The number of rotatable bonds is 0. The summed E-state index contributed by atoms with van der Waals surface area (Å²) < 4.78 is 38.5. The van der Waals surface area contributed by atoms with Crippen molar-refractivity contribution in [1.29, 1.82) is 0 Å². The zero-order valence-corrected chi connectivity index (χ0v) is 11.6. The molecule has 0 amide bonds. The van der Waals surface area contributed by atoms with E-state index in [0.717, 1.165) is 0 Å². The smallest absolute Gasteiger partial charge is 0.398 e. The molecule has 0 spiro atoms. The van der Waals surface area contributed by atoms with E-state index in [4.69, 9.17) is 40.5 Å². The standard InChI is InChI=1S/C11H6Cl3F3N2/c1-3-8(18)6-7(14)4(12)2-5(13)9(6)19-10(3)11(15,16)17/h2H,1H3,(H2,18,19). The predicted molar refractivity (Wildman–Crippen MR) is 70.9 cm³/mol. The molecule has 0 fully saturated rings. The second-order valence-corrected chi connectivity index (χ2v) is 5.07. The van der Waals surface area contributed by atoms with Crippen LogP contribution < -0.4 is 5.73 Å². The number of fused-ring (bicyclic) bond motifs is 1. The van der Waals surface area contributed by atoms with Crippen LogP contribution in [0.4, 0.5) is 18.9 Å². The molecule has 8 heteroatoms. The van der Waals surface area contributed by atoms with Crippen molar-refractivity contribution < 1.29 is 13.2 Å². The number of halogens is 6. The summed E-state index contributed by atoms with van der Waals surface area (Å²) >= 11 is 17.6. The second kappa shape index (κ2) is 4.58. The molecule has 1 aromatic heterocycles. The molecule has 1 heterocycles. The van der Waals surface area contributed by atoms with Crippen LogP contribution >= 0.6 is 34.8 Å². The van der Waals surface area contributed by atoms with Gasteiger partial charge in [0, 0.05) is 16.6 Å². The Morgan fingerprint density at radius 3 is 2.26 bits per heavy atom. The number of nitrogens with zero attached hydrogens (tertiary/aromatic N) is 1. The Bertz CT molecular complexity index is 683. The number of nitrogens with two attached hydrogens (primary N) is 1. The topological polar surface area (TPSA) is 38.9 Å². The number of anilines is 1. The third-order valence-electron chi connectivity index (χ3n) is 2.67. The molecule has 0 aliphatic carbocycles. The first-order valence-electron chi connectivity index (χ1n) is 4.95. The molecule has 2 N–H and O–H groups in total. The molecule has 1 aromatic carbocycles. The number of alkyl halides is 3. The Labute approximate surface area is 121 Å². The molecular weight excluding hydrogens is 323 g/mol. The van der Waals surface area contributed by atoms with Crippen LogP contribution in [0.1, 0.15) is 11.3 Å². The molecule has 0 aliphatic heterocycles. The predicted octanol–water partition coefficient (Wildman–Crippen LogP) is 5.10. The molecule has 0 radical (unpaired) electrons. The van der Waals surface area contributed by atoms with Gasteiger partial charge in [-0.05, 0) is 13.0 Å².